The molecule has 0 aliphatic heterocycles. The lowest BCUT2D eigenvalue weighted by atomic mass is 10.6. The van der Waals surface area contributed by atoms with Crippen LogP contribution in [0.2, 0.25) is 0 Å². The molecule has 0 saturated heterocycles. The molecule has 52 valence electrons. The van der Waals surface area contributed by atoms with E-state index in [2.05, 4.69) is 22.5 Å². The predicted molar refractivity (Wildman–Crippen MR) is 37.1 cm³/mol. The maximum Gasteiger partial charge on any atom is 0.140 e. The number of nitrogens with two attached hydrogens (primary N) is 2. The van der Waals surface area contributed by atoms with Crippen molar-refractivity contribution in [3.05, 3.63) is 12.8 Å². The van der Waals surface area contributed by atoms with Crippen molar-refractivity contribution in [3.63, 3.8) is 0 Å². The summed E-state index contributed by atoms with van der Waals surface area (Å²) in [5, 5.41) is 6.22. The SMILES string of the molecule is C=CNC/C(N)=N/NN. The van der Waals surface area contributed by atoms with Crippen molar-refractivity contribution in [2.24, 2.45) is 16.7 Å². The van der Waals surface area contributed by atoms with E-state index >= 15 is 0 Å². The van der Waals surface area contributed by atoms with E-state index in [9.17, 15) is 0 Å². The van der Waals surface area contributed by atoms with E-state index in [1.165, 1.54) is 6.20 Å². The first-order chi connectivity index (χ1) is 4.31. The van der Waals surface area contributed by atoms with Crippen molar-refractivity contribution >= 4 is 5.84 Å². The lowest BCUT2D eigenvalue weighted by Crippen LogP contribution is -2.29. The van der Waals surface area contributed by atoms with Crippen molar-refractivity contribution in [2.45, 2.75) is 0 Å². The van der Waals surface area contributed by atoms with Crippen molar-refractivity contribution in [1.82, 2.24) is 10.9 Å². The molecule has 0 aromatic heterocycles. The molecule has 0 rings (SSSR count). The van der Waals surface area contributed by atoms with E-state index in [1.54, 1.807) is 0 Å². The van der Waals surface area contributed by atoms with Crippen LogP contribution in [0, 0.1) is 0 Å². The fraction of sp³-hybridized carbons (Fsp3) is 0.250. The molecule has 0 saturated carbocycles. The second-order valence-corrected chi connectivity index (χ2v) is 1.32. The summed E-state index contributed by atoms with van der Waals surface area (Å²) in [5.74, 6) is 5.22. The van der Waals surface area contributed by atoms with Crippen LogP contribution in [0.25, 0.3) is 0 Å². The van der Waals surface area contributed by atoms with Crippen molar-refractivity contribution in [1.29, 1.82) is 0 Å². The van der Waals surface area contributed by atoms with E-state index in [-0.39, 0.29) is 0 Å². The highest BCUT2D eigenvalue weighted by atomic mass is 15.5. The fourth-order valence-electron chi connectivity index (χ4n) is 0.299. The Kier molecular flexibility index (Phi) is 4.25. The Bertz CT molecular complexity index is 108. The zero-order valence-electron chi connectivity index (χ0n) is 5.09. The summed E-state index contributed by atoms with van der Waals surface area (Å²) in [6.07, 6.45) is 1.53. The summed E-state index contributed by atoms with van der Waals surface area (Å²) in [6, 6.07) is 0. The number of hydrazine groups is 1. The maximum absolute atomic E-state index is 5.27. The minimum atomic E-state index is 0.386. The van der Waals surface area contributed by atoms with Gasteiger partial charge in [-0.1, -0.05) is 6.58 Å². The molecule has 0 spiro atoms. The van der Waals surface area contributed by atoms with E-state index in [4.69, 9.17) is 11.6 Å². The van der Waals surface area contributed by atoms with Gasteiger partial charge in [-0.15, -0.1) is 0 Å². The first-order valence-corrected chi connectivity index (χ1v) is 2.43. The average Bonchev–Trinajstić information content (AvgIpc) is 1.85. The van der Waals surface area contributed by atoms with Crippen LogP contribution < -0.4 is 22.4 Å². The Morgan fingerprint density at radius 3 is 2.89 bits per heavy atom. The fourth-order valence-corrected chi connectivity index (χ4v) is 0.299. The highest BCUT2D eigenvalue weighted by Crippen LogP contribution is 1.60. The summed E-state index contributed by atoms with van der Waals surface area (Å²) in [7, 11) is 0. The second-order valence-electron chi connectivity index (χ2n) is 1.32. The van der Waals surface area contributed by atoms with Gasteiger partial charge in [0.25, 0.3) is 0 Å². The van der Waals surface area contributed by atoms with Crippen LogP contribution in [-0.4, -0.2) is 12.4 Å². The van der Waals surface area contributed by atoms with E-state index in [0.717, 1.165) is 0 Å². The lowest BCUT2D eigenvalue weighted by Gasteiger charge is -1.97. The molecule has 0 aromatic rings. The quantitative estimate of drug-likeness (QED) is 0.160. The van der Waals surface area contributed by atoms with Crippen LogP contribution in [0.3, 0.4) is 0 Å². The van der Waals surface area contributed by atoms with Gasteiger partial charge in [-0.05, 0) is 6.20 Å². The Hall–Kier alpha value is -1.23. The van der Waals surface area contributed by atoms with Crippen molar-refractivity contribution in [3.8, 4) is 0 Å². The molecule has 0 radical (unpaired) electrons. The number of rotatable bonds is 4. The van der Waals surface area contributed by atoms with Crippen molar-refractivity contribution < 1.29 is 0 Å². The zero-order chi connectivity index (χ0) is 7.11. The first kappa shape index (κ1) is 7.77. The van der Waals surface area contributed by atoms with E-state index in [0.29, 0.717) is 12.4 Å². The predicted octanol–water partition coefficient (Wildman–Crippen LogP) is -1.54. The molecule has 0 unspecified atom stereocenters. The maximum atomic E-state index is 5.27. The molecular weight excluding hydrogens is 118 g/mol. The van der Waals surface area contributed by atoms with Gasteiger partial charge in [0.2, 0.25) is 0 Å². The van der Waals surface area contributed by atoms with Gasteiger partial charge in [-0.3, -0.25) is 0 Å². The molecule has 0 aromatic carbocycles. The molecule has 9 heavy (non-hydrogen) atoms. The van der Waals surface area contributed by atoms with Gasteiger partial charge in [0.05, 0.1) is 6.54 Å². The molecule has 0 heterocycles. The molecule has 0 atom stereocenters. The highest BCUT2D eigenvalue weighted by molar-refractivity contribution is 5.82. The van der Waals surface area contributed by atoms with Gasteiger partial charge in [0.1, 0.15) is 5.84 Å². The molecule has 0 aliphatic rings. The second kappa shape index (κ2) is 4.92. The summed E-state index contributed by atoms with van der Waals surface area (Å²) >= 11 is 0. The van der Waals surface area contributed by atoms with Crippen LogP contribution in [0.5, 0.6) is 0 Å². The summed E-state index contributed by atoms with van der Waals surface area (Å²) in [4.78, 5) is 0. The van der Waals surface area contributed by atoms with E-state index < -0.39 is 0 Å². The minimum absolute atomic E-state index is 0.386. The van der Waals surface area contributed by atoms with Gasteiger partial charge in [0.15, 0.2) is 0 Å². The number of hydrogen-bond acceptors (Lipinski definition) is 4. The highest BCUT2D eigenvalue weighted by Gasteiger charge is 1.84. The van der Waals surface area contributed by atoms with Crippen LogP contribution in [0.4, 0.5) is 0 Å². The molecule has 5 heteroatoms. The third-order valence-corrected chi connectivity index (χ3v) is 0.636. The van der Waals surface area contributed by atoms with Gasteiger partial charge >= 0.3 is 0 Å². The summed E-state index contributed by atoms with van der Waals surface area (Å²) in [5.41, 5.74) is 7.33. The van der Waals surface area contributed by atoms with E-state index in [1.807, 2.05) is 0 Å². The van der Waals surface area contributed by atoms with Crippen LogP contribution in [-0.2, 0) is 0 Å². The van der Waals surface area contributed by atoms with Gasteiger partial charge < -0.3 is 11.1 Å². The monoisotopic (exact) mass is 129 g/mol. The average molecular weight is 129 g/mol. The van der Waals surface area contributed by atoms with Crippen LogP contribution in [0.15, 0.2) is 17.9 Å². The summed E-state index contributed by atoms with van der Waals surface area (Å²) in [6.45, 7) is 3.87. The smallest absolute Gasteiger partial charge is 0.140 e. The topological polar surface area (TPSA) is 88.5 Å². The number of hydrogen-bond donors (Lipinski definition) is 4. The molecule has 6 N–H and O–H groups in total. The Morgan fingerprint density at radius 1 is 1.78 bits per heavy atom. The number of amidine groups is 1. The van der Waals surface area contributed by atoms with Gasteiger partial charge in [-0.2, -0.15) is 5.10 Å². The van der Waals surface area contributed by atoms with Crippen LogP contribution in [0.1, 0.15) is 0 Å². The van der Waals surface area contributed by atoms with Crippen molar-refractivity contribution in [2.75, 3.05) is 6.54 Å². The van der Waals surface area contributed by atoms with Gasteiger partial charge in [0, 0.05) is 0 Å². The Morgan fingerprint density at radius 2 is 2.44 bits per heavy atom. The molecule has 0 fully saturated rings. The zero-order valence-corrected chi connectivity index (χ0v) is 5.09. The largest absolute Gasteiger partial charge is 0.384 e. The normalized spacial score (nSPS) is 10.6. The number of nitrogens with one attached hydrogen (secondary N) is 2. The molecule has 0 amide bonds. The minimum Gasteiger partial charge on any atom is -0.384 e. The van der Waals surface area contributed by atoms with Crippen LogP contribution >= 0.6 is 0 Å². The molecular formula is C4H11N5. The number of nitrogens with zero attached hydrogens (tertiary/aromatic N) is 1. The molecule has 5 nitrogen and oxygen atoms in total. The molecule has 0 bridgehead atoms. The lowest BCUT2D eigenvalue weighted by molar-refractivity contribution is 0.794. The van der Waals surface area contributed by atoms with Gasteiger partial charge in [-0.25, -0.2) is 11.4 Å². The third-order valence-electron chi connectivity index (χ3n) is 0.636. The number of hydrazone groups is 1. The standard InChI is InChI=1S/C4H11N5/c1-2-7-3-4(5)8-9-6/h2,7,9H,1,3,6H2,(H2,5,8). The Labute approximate surface area is 53.8 Å². The Balaban J connectivity index is 3.36. The summed E-state index contributed by atoms with van der Waals surface area (Å²) < 4.78 is 0. The first-order valence-electron chi connectivity index (χ1n) is 2.43. The third kappa shape index (κ3) is 4.63. The molecule has 0 aliphatic carbocycles.